The van der Waals surface area contributed by atoms with E-state index < -0.39 is 0 Å². The average Bonchev–Trinajstić information content (AvgIpc) is 2.38. The van der Waals surface area contributed by atoms with Gasteiger partial charge in [-0.1, -0.05) is 44.4 Å². The first-order chi connectivity index (χ1) is 8.62. The molecule has 0 radical (unpaired) electrons. The minimum Gasteiger partial charge on any atom is -0.467 e. The molecule has 0 amide bonds. The van der Waals surface area contributed by atoms with E-state index >= 15 is 0 Å². The second-order valence-electron chi connectivity index (χ2n) is 4.23. The quantitative estimate of drug-likeness (QED) is 0.800. The molecule has 1 rings (SSSR count). The van der Waals surface area contributed by atoms with E-state index in [1.807, 2.05) is 12.1 Å². The Kier molecular flexibility index (Phi) is 5.99. The lowest BCUT2D eigenvalue weighted by Crippen LogP contribution is -2.37. The predicted molar refractivity (Wildman–Crippen MR) is 75.0 cm³/mol. The highest BCUT2D eigenvalue weighted by atomic mass is 35.5. The van der Waals surface area contributed by atoms with Crippen LogP contribution in [0.3, 0.4) is 0 Å². The van der Waals surface area contributed by atoms with E-state index in [1.54, 1.807) is 12.1 Å². The van der Waals surface area contributed by atoms with Gasteiger partial charge in [-0.25, -0.2) is 4.79 Å². The van der Waals surface area contributed by atoms with Gasteiger partial charge < -0.3 is 10.1 Å². The number of benzene rings is 1. The molecular weight excluding hydrogens is 250 g/mol. The van der Waals surface area contributed by atoms with E-state index in [4.69, 9.17) is 16.3 Å². The maximum absolute atomic E-state index is 11.8. The van der Waals surface area contributed by atoms with Gasteiger partial charge in [0.25, 0.3) is 0 Å². The maximum Gasteiger partial charge on any atom is 0.328 e. The standard InChI is InChI=1S/C14H20ClNO2/c1-4-10(5-2)13(14(17)18-3)16-12-8-6-7-11(15)9-12/h6-10,13,16H,4-5H2,1-3H3. The fourth-order valence-corrected chi connectivity index (χ4v) is 2.20. The van der Waals surface area contributed by atoms with Crippen LogP contribution in [0.4, 0.5) is 5.69 Å². The van der Waals surface area contributed by atoms with Crippen molar-refractivity contribution in [2.75, 3.05) is 12.4 Å². The Morgan fingerprint density at radius 2 is 2.06 bits per heavy atom. The lowest BCUT2D eigenvalue weighted by atomic mass is 9.94. The van der Waals surface area contributed by atoms with Crippen molar-refractivity contribution in [3.8, 4) is 0 Å². The number of carbonyl (C=O) groups excluding carboxylic acids is 1. The third kappa shape index (κ3) is 3.91. The number of methoxy groups -OCH3 is 1. The molecule has 1 atom stereocenters. The van der Waals surface area contributed by atoms with Gasteiger partial charge in [-0.2, -0.15) is 0 Å². The van der Waals surface area contributed by atoms with Crippen LogP contribution in [0.15, 0.2) is 24.3 Å². The normalized spacial score (nSPS) is 12.3. The van der Waals surface area contributed by atoms with Gasteiger partial charge in [0.1, 0.15) is 6.04 Å². The van der Waals surface area contributed by atoms with Crippen LogP contribution in [0, 0.1) is 5.92 Å². The molecule has 1 N–H and O–H groups in total. The van der Waals surface area contributed by atoms with Crippen molar-refractivity contribution in [3.63, 3.8) is 0 Å². The first-order valence-electron chi connectivity index (χ1n) is 6.22. The lowest BCUT2D eigenvalue weighted by Gasteiger charge is -2.25. The van der Waals surface area contributed by atoms with Gasteiger partial charge in [0.05, 0.1) is 7.11 Å². The Morgan fingerprint density at radius 1 is 1.39 bits per heavy atom. The number of hydrogen-bond donors (Lipinski definition) is 1. The fourth-order valence-electron chi connectivity index (χ4n) is 2.01. The summed E-state index contributed by atoms with van der Waals surface area (Å²) >= 11 is 5.93. The van der Waals surface area contributed by atoms with E-state index in [0.29, 0.717) is 5.02 Å². The Labute approximate surface area is 113 Å². The Bertz CT molecular complexity index is 391. The third-order valence-corrected chi connectivity index (χ3v) is 3.36. The molecule has 1 aromatic rings. The van der Waals surface area contributed by atoms with Gasteiger partial charge >= 0.3 is 5.97 Å². The van der Waals surface area contributed by atoms with Crippen LogP contribution in [0.25, 0.3) is 0 Å². The summed E-state index contributed by atoms with van der Waals surface area (Å²) in [5.74, 6) is 0.0140. The molecule has 3 nitrogen and oxygen atoms in total. The SMILES string of the molecule is CCC(CC)C(Nc1cccc(Cl)c1)C(=O)OC. The molecule has 0 aromatic heterocycles. The molecule has 0 heterocycles. The molecule has 0 aliphatic rings. The van der Waals surface area contributed by atoms with E-state index in [2.05, 4.69) is 19.2 Å². The van der Waals surface area contributed by atoms with Crippen molar-refractivity contribution in [1.82, 2.24) is 0 Å². The summed E-state index contributed by atoms with van der Waals surface area (Å²) in [5, 5.41) is 3.86. The molecule has 0 aliphatic heterocycles. The van der Waals surface area contributed by atoms with Gasteiger partial charge in [-0.05, 0) is 24.1 Å². The van der Waals surface area contributed by atoms with Crippen molar-refractivity contribution < 1.29 is 9.53 Å². The van der Waals surface area contributed by atoms with E-state index in [1.165, 1.54) is 7.11 Å². The monoisotopic (exact) mass is 269 g/mol. The average molecular weight is 270 g/mol. The van der Waals surface area contributed by atoms with E-state index in [-0.39, 0.29) is 17.9 Å². The summed E-state index contributed by atoms with van der Waals surface area (Å²) in [5.41, 5.74) is 0.838. The molecule has 1 unspecified atom stereocenters. The summed E-state index contributed by atoms with van der Waals surface area (Å²) in [6.07, 6.45) is 1.84. The molecule has 0 saturated heterocycles. The molecule has 0 fully saturated rings. The van der Waals surface area contributed by atoms with Gasteiger partial charge in [0.15, 0.2) is 0 Å². The van der Waals surface area contributed by atoms with Crippen LogP contribution >= 0.6 is 11.6 Å². The summed E-state index contributed by atoms with van der Waals surface area (Å²) in [4.78, 5) is 11.8. The van der Waals surface area contributed by atoms with Crippen LogP contribution < -0.4 is 5.32 Å². The molecular formula is C14H20ClNO2. The van der Waals surface area contributed by atoms with E-state index in [9.17, 15) is 4.79 Å². The zero-order valence-corrected chi connectivity index (χ0v) is 11.8. The van der Waals surface area contributed by atoms with E-state index in [0.717, 1.165) is 18.5 Å². The molecule has 0 bridgehead atoms. The van der Waals surface area contributed by atoms with Crippen LogP contribution in [-0.4, -0.2) is 19.1 Å². The summed E-state index contributed by atoms with van der Waals surface area (Å²) < 4.78 is 4.87. The first-order valence-corrected chi connectivity index (χ1v) is 6.60. The molecule has 18 heavy (non-hydrogen) atoms. The zero-order valence-electron chi connectivity index (χ0n) is 11.1. The van der Waals surface area contributed by atoms with Crippen LogP contribution in [0.1, 0.15) is 26.7 Å². The predicted octanol–water partition coefficient (Wildman–Crippen LogP) is 3.73. The number of halogens is 1. The molecule has 4 heteroatoms. The first kappa shape index (κ1) is 14.8. The molecule has 0 spiro atoms. The van der Waals surface area contributed by atoms with Crippen molar-refractivity contribution in [2.24, 2.45) is 5.92 Å². The van der Waals surface area contributed by atoms with Gasteiger partial charge in [0, 0.05) is 10.7 Å². The van der Waals surface area contributed by atoms with Gasteiger partial charge in [-0.15, -0.1) is 0 Å². The Morgan fingerprint density at radius 3 is 2.56 bits per heavy atom. The zero-order chi connectivity index (χ0) is 13.5. The number of hydrogen-bond acceptors (Lipinski definition) is 3. The minimum absolute atomic E-state index is 0.233. The van der Waals surface area contributed by atoms with Crippen LogP contribution in [0.5, 0.6) is 0 Å². The molecule has 0 aliphatic carbocycles. The second-order valence-corrected chi connectivity index (χ2v) is 4.67. The number of esters is 1. The topological polar surface area (TPSA) is 38.3 Å². The maximum atomic E-state index is 11.8. The van der Waals surface area contributed by atoms with Crippen LogP contribution in [0.2, 0.25) is 5.02 Å². The molecule has 0 saturated carbocycles. The van der Waals surface area contributed by atoms with Crippen molar-refractivity contribution in [2.45, 2.75) is 32.7 Å². The largest absolute Gasteiger partial charge is 0.467 e. The Hall–Kier alpha value is -1.22. The number of nitrogens with one attached hydrogen (secondary N) is 1. The second kappa shape index (κ2) is 7.27. The third-order valence-electron chi connectivity index (χ3n) is 3.12. The number of rotatable bonds is 6. The van der Waals surface area contributed by atoms with Crippen molar-refractivity contribution >= 4 is 23.3 Å². The summed E-state index contributed by atoms with van der Waals surface area (Å²) in [6, 6.07) is 7.02. The Balaban J connectivity index is 2.87. The van der Waals surface area contributed by atoms with Gasteiger partial charge in [0.2, 0.25) is 0 Å². The highest BCUT2D eigenvalue weighted by molar-refractivity contribution is 6.30. The lowest BCUT2D eigenvalue weighted by molar-refractivity contribution is -0.142. The molecule has 1 aromatic carbocycles. The summed E-state index contributed by atoms with van der Waals surface area (Å²) in [6.45, 7) is 4.15. The highest BCUT2D eigenvalue weighted by Gasteiger charge is 2.26. The number of carbonyl (C=O) groups is 1. The summed E-state index contributed by atoms with van der Waals surface area (Å²) in [7, 11) is 1.41. The fraction of sp³-hybridized carbons (Fsp3) is 0.500. The van der Waals surface area contributed by atoms with Gasteiger partial charge in [-0.3, -0.25) is 0 Å². The smallest absolute Gasteiger partial charge is 0.328 e. The number of ether oxygens (including phenoxy) is 1. The van der Waals surface area contributed by atoms with Crippen molar-refractivity contribution in [1.29, 1.82) is 0 Å². The highest BCUT2D eigenvalue weighted by Crippen LogP contribution is 2.21. The number of anilines is 1. The molecule has 100 valence electrons. The van der Waals surface area contributed by atoms with Crippen molar-refractivity contribution in [3.05, 3.63) is 29.3 Å². The minimum atomic E-state index is -0.330. The van der Waals surface area contributed by atoms with Crippen LogP contribution in [-0.2, 0) is 9.53 Å².